The van der Waals surface area contributed by atoms with Gasteiger partial charge in [-0.2, -0.15) is 0 Å². The molecule has 1 fully saturated rings. The van der Waals surface area contributed by atoms with E-state index in [0.29, 0.717) is 0 Å². The van der Waals surface area contributed by atoms with Crippen molar-refractivity contribution in [1.29, 1.82) is 0 Å². The number of aliphatic hydroxyl groups is 8. The zero-order valence-corrected chi connectivity index (χ0v) is 12.1. The molecule has 0 aromatic heterocycles. The van der Waals surface area contributed by atoms with Gasteiger partial charge in [-0.3, -0.25) is 0 Å². The van der Waals surface area contributed by atoms with E-state index in [2.05, 4.69) is 0 Å². The average molecular weight is 341 g/mol. The highest BCUT2D eigenvalue weighted by atomic mass is 16.6. The number of nitrogens with two attached hydrogens (primary N) is 1. The number of rotatable bonds is 7. The Bertz CT molecular complexity index is 396. The maximum Gasteiger partial charge on any atom is 0.149 e. The third kappa shape index (κ3) is 3.53. The molecule has 0 amide bonds. The van der Waals surface area contributed by atoms with E-state index in [1.807, 2.05) is 0 Å². The Balaban J connectivity index is 3.27. The molecule has 1 heterocycles. The minimum atomic E-state index is -2.87. The lowest BCUT2D eigenvalue weighted by Gasteiger charge is -2.50. The lowest BCUT2D eigenvalue weighted by molar-refractivity contribution is -0.305. The first-order valence-electron chi connectivity index (χ1n) is 6.87. The summed E-state index contributed by atoms with van der Waals surface area (Å²) in [6.45, 7) is -1.92. The highest BCUT2D eigenvalue weighted by Crippen LogP contribution is 2.33. The van der Waals surface area contributed by atoms with Crippen LogP contribution in [0.2, 0.25) is 0 Å². The molecule has 10 N–H and O–H groups in total. The van der Waals surface area contributed by atoms with E-state index in [-0.39, 0.29) is 6.29 Å². The summed E-state index contributed by atoms with van der Waals surface area (Å²) in [5, 5.41) is 78.1. The summed E-state index contributed by atoms with van der Waals surface area (Å²) >= 11 is 0. The van der Waals surface area contributed by atoms with Gasteiger partial charge in [0.2, 0.25) is 0 Å². The fourth-order valence-electron chi connectivity index (χ4n) is 2.57. The fourth-order valence-corrected chi connectivity index (χ4v) is 2.57. The quantitative estimate of drug-likeness (QED) is 0.198. The topological polar surface area (TPSA) is 214 Å². The average Bonchev–Trinajstić information content (AvgIpc) is 2.56. The molecule has 0 bridgehead atoms. The second kappa shape index (κ2) is 7.90. The molecule has 0 aliphatic carbocycles. The highest BCUT2D eigenvalue weighted by Gasteiger charge is 2.59. The molecule has 1 rings (SSSR count). The van der Waals surface area contributed by atoms with Gasteiger partial charge in [-0.25, -0.2) is 0 Å². The first kappa shape index (κ1) is 20.3. The summed E-state index contributed by atoms with van der Waals surface area (Å²) in [7, 11) is 0. The van der Waals surface area contributed by atoms with Gasteiger partial charge in [0.1, 0.15) is 54.6 Å². The number of carbonyl (C=O) groups excluding carboxylic acids is 1. The van der Waals surface area contributed by atoms with E-state index >= 15 is 0 Å². The van der Waals surface area contributed by atoms with Crippen LogP contribution in [0, 0.1) is 0 Å². The van der Waals surface area contributed by atoms with Crippen molar-refractivity contribution in [3.63, 3.8) is 0 Å². The Kier molecular flexibility index (Phi) is 6.97. The summed E-state index contributed by atoms with van der Waals surface area (Å²) in [4.78, 5) is 10.7. The van der Waals surface area contributed by atoms with Crippen LogP contribution in [0.15, 0.2) is 0 Å². The van der Waals surface area contributed by atoms with Crippen LogP contribution in [0.4, 0.5) is 0 Å². The van der Waals surface area contributed by atoms with E-state index in [4.69, 9.17) is 20.7 Å². The fraction of sp³-hybridized carbons (Fsp3) is 0.917. The zero-order chi connectivity index (χ0) is 17.9. The highest BCUT2D eigenvalue weighted by molar-refractivity contribution is 5.58. The van der Waals surface area contributed by atoms with Crippen LogP contribution in [0.25, 0.3) is 0 Å². The monoisotopic (exact) mass is 341 g/mol. The molecule has 0 saturated carbocycles. The maximum absolute atomic E-state index is 10.7. The molecule has 0 aromatic rings. The normalized spacial score (nSPS) is 38.4. The Labute approximate surface area is 131 Å². The largest absolute Gasteiger partial charge is 0.394 e. The number of hydrogen-bond acceptors (Lipinski definition) is 11. The van der Waals surface area contributed by atoms with Gasteiger partial charge in [0.15, 0.2) is 0 Å². The van der Waals surface area contributed by atoms with E-state index in [0.717, 1.165) is 0 Å². The second-order valence-electron chi connectivity index (χ2n) is 5.49. The van der Waals surface area contributed by atoms with Crippen LogP contribution in [-0.2, 0) is 9.53 Å². The van der Waals surface area contributed by atoms with Crippen LogP contribution in [0.5, 0.6) is 0 Å². The van der Waals surface area contributed by atoms with Gasteiger partial charge >= 0.3 is 0 Å². The number of aldehydes is 1. The Hall–Kier alpha value is -0.730. The predicted octanol–water partition coefficient (Wildman–Crippen LogP) is -6.20. The van der Waals surface area contributed by atoms with Crippen LogP contribution < -0.4 is 5.73 Å². The molecule has 23 heavy (non-hydrogen) atoms. The predicted molar refractivity (Wildman–Crippen MR) is 71.9 cm³/mol. The molecular weight excluding hydrogens is 318 g/mol. The number of hydrogen-bond donors (Lipinski definition) is 9. The van der Waals surface area contributed by atoms with Gasteiger partial charge in [0, 0.05) is 0 Å². The van der Waals surface area contributed by atoms with Crippen molar-refractivity contribution < 1.29 is 50.4 Å². The van der Waals surface area contributed by atoms with Crippen LogP contribution in [0.1, 0.15) is 0 Å². The van der Waals surface area contributed by atoms with Gasteiger partial charge in [-0.1, -0.05) is 0 Å². The lowest BCUT2D eigenvalue weighted by atomic mass is 9.76. The minimum absolute atomic E-state index is 0.0593. The molecule has 9 atom stereocenters. The lowest BCUT2D eigenvalue weighted by Crippen LogP contribution is -2.74. The minimum Gasteiger partial charge on any atom is -0.394 e. The van der Waals surface area contributed by atoms with Crippen molar-refractivity contribution in [2.75, 3.05) is 13.2 Å². The third-order valence-corrected chi connectivity index (χ3v) is 4.05. The number of ether oxygens (including phenoxy) is 1. The third-order valence-electron chi connectivity index (χ3n) is 4.05. The molecule has 1 saturated heterocycles. The summed E-state index contributed by atoms with van der Waals surface area (Å²) in [6.07, 6.45) is -13.3. The summed E-state index contributed by atoms with van der Waals surface area (Å²) < 4.78 is 5.07. The van der Waals surface area contributed by atoms with Gasteiger partial charge in [-0.15, -0.1) is 0 Å². The van der Waals surface area contributed by atoms with E-state index in [1.54, 1.807) is 0 Å². The van der Waals surface area contributed by atoms with Crippen molar-refractivity contribution in [3.05, 3.63) is 0 Å². The van der Waals surface area contributed by atoms with Crippen molar-refractivity contribution in [2.24, 2.45) is 5.73 Å². The van der Waals surface area contributed by atoms with Crippen molar-refractivity contribution in [1.82, 2.24) is 0 Å². The molecule has 1 aliphatic rings. The molecule has 136 valence electrons. The van der Waals surface area contributed by atoms with Crippen molar-refractivity contribution >= 4 is 6.29 Å². The Morgan fingerprint density at radius 1 is 1.13 bits per heavy atom. The van der Waals surface area contributed by atoms with Crippen molar-refractivity contribution in [2.45, 2.75) is 54.4 Å². The Morgan fingerprint density at radius 2 is 1.70 bits per heavy atom. The molecule has 0 radical (unpaired) electrons. The second-order valence-corrected chi connectivity index (χ2v) is 5.49. The number of carbonyl (C=O) groups is 1. The first-order chi connectivity index (χ1) is 10.7. The van der Waals surface area contributed by atoms with E-state index in [9.17, 15) is 35.4 Å². The van der Waals surface area contributed by atoms with Crippen molar-refractivity contribution in [3.8, 4) is 0 Å². The zero-order valence-electron chi connectivity index (χ0n) is 12.1. The van der Waals surface area contributed by atoms with Gasteiger partial charge in [0.25, 0.3) is 0 Å². The van der Waals surface area contributed by atoms with Crippen LogP contribution in [0.3, 0.4) is 0 Å². The van der Waals surface area contributed by atoms with E-state index in [1.165, 1.54) is 0 Å². The summed E-state index contributed by atoms with van der Waals surface area (Å²) in [5.74, 6) is 0. The smallest absolute Gasteiger partial charge is 0.149 e. The molecule has 11 heteroatoms. The van der Waals surface area contributed by atoms with Crippen LogP contribution >= 0.6 is 0 Å². The maximum atomic E-state index is 10.7. The van der Waals surface area contributed by atoms with Gasteiger partial charge in [-0.05, 0) is 0 Å². The SMILES string of the molecule is N[C@@H](C=O)[C@@H](O)[C@](O)([C@H](O)CO)[C@H]1O[C@H](CO)[C@@H](O)[C@H](O)[C@H]1O. The molecule has 11 nitrogen and oxygen atoms in total. The molecule has 0 unspecified atom stereocenters. The number of aliphatic hydroxyl groups excluding tert-OH is 7. The molecule has 1 aliphatic heterocycles. The molecule has 0 aromatic carbocycles. The van der Waals surface area contributed by atoms with Gasteiger partial charge in [0.05, 0.1) is 19.3 Å². The van der Waals surface area contributed by atoms with E-state index < -0.39 is 67.6 Å². The molecular formula is C12H23NO10. The molecule has 0 spiro atoms. The van der Waals surface area contributed by atoms with Crippen LogP contribution in [-0.4, -0.2) is 115 Å². The Morgan fingerprint density at radius 3 is 2.13 bits per heavy atom. The standard InChI is InChI=1S/C12H23NO10/c13-4(1-14)10(21)12(22,6(17)3-16)11-9(20)8(19)7(18)5(2-15)23-11/h1,4-11,15-22H,2-3,13H2/t4-,5+,6+,7+,8-,9+,10+,11-,12+/m0/s1. The summed E-state index contributed by atoms with van der Waals surface area (Å²) in [6, 6.07) is -1.71. The first-order valence-corrected chi connectivity index (χ1v) is 6.87. The summed E-state index contributed by atoms with van der Waals surface area (Å²) in [5.41, 5.74) is 2.44. The van der Waals surface area contributed by atoms with Gasteiger partial charge < -0.3 is 56.1 Å².